The Balaban J connectivity index is 1.44. The van der Waals surface area contributed by atoms with E-state index in [1.807, 2.05) is 23.1 Å². The van der Waals surface area contributed by atoms with Crippen LogP contribution in [0, 0.1) is 0 Å². The first-order valence-electron chi connectivity index (χ1n) is 13.1. The van der Waals surface area contributed by atoms with Gasteiger partial charge in [-0.3, -0.25) is 9.69 Å². The highest BCUT2D eigenvalue weighted by Crippen LogP contribution is 2.40. The van der Waals surface area contributed by atoms with Gasteiger partial charge in [0.1, 0.15) is 17.1 Å². The third-order valence-corrected chi connectivity index (χ3v) is 7.10. The summed E-state index contributed by atoms with van der Waals surface area (Å²) in [5, 5.41) is 11.1. The van der Waals surface area contributed by atoms with Crippen molar-refractivity contribution >= 4 is 34.2 Å². The van der Waals surface area contributed by atoms with E-state index < -0.39 is 29.1 Å². The first kappa shape index (κ1) is 29.3. The number of carbonyl (C=O) groups excluding carboxylic acids is 1. The Hall–Kier alpha value is -4.22. The number of carbonyl (C=O) groups is 1. The molecule has 12 heteroatoms. The quantitative estimate of drug-likeness (QED) is 0.241. The molecule has 1 fully saturated rings. The van der Waals surface area contributed by atoms with Crippen LogP contribution in [0.5, 0.6) is 17.2 Å². The van der Waals surface area contributed by atoms with Crippen molar-refractivity contribution in [1.29, 1.82) is 0 Å². The fourth-order valence-electron chi connectivity index (χ4n) is 4.77. The van der Waals surface area contributed by atoms with Crippen molar-refractivity contribution in [3.05, 3.63) is 92.8 Å². The second-order valence-electron chi connectivity index (χ2n) is 9.62. The number of halogens is 4. The highest BCUT2D eigenvalue weighted by atomic mass is 35.5. The number of hydrogen-bond donors (Lipinski definition) is 1. The molecule has 0 bridgehead atoms. The molecule has 0 unspecified atom stereocenters. The summed E-state index contributed by atoms with van der Waals surface area (Å²) in [6.45, 7) is 4.18. The molecule has 0 saturated carbocycles. The number of esters is 1. The molecule has 3 aromatic carbocycles. The highest BCUT2D eigenvalue weighted by Gasteiger charge is 2.41. The summed E-state index contributed by atoms with van der Waals surface area (Å²) in [5.41, 5.74) is -0.227. The lowest BCUT2D eigenvalue weighted by molar-refractivity contribution is -0.154. The maximum Gasteiger partial charge on any atom is 0.453 e. The van der Waals surface area contributed by atoms with Crippen LogP contribution in [0.1, 0.15) is 28.6 Å². The highest BCUT2D eigenvalue weighted by molar-refractivity contribution is 6.30. The van der Waals surface area contributed by atoms with E-state index in [9.17, 15) is 27.9 Å². The van der Waals surface area contributed by atoms with Crippen molar-refractivity contribution in [3.8, 4) is 17.2 Å². The Morgan fingerprint density at radius 1 is 1.05 bits per heavy atom. The summed E-state index contributed by atoms with van der Waals surface area (Å²) in [5.74, 6) is -3.70. The molecule has 4 aromatic rings. The SMILES string of the molecule is CCOC(=O)c1ccc(Oc2c(C(F)(F)F)oc3c(CN4CCN(c5cccc(Cl)c5)CC4)c(O)ccc3c2=O)cc1. The number of nitrogens with zero attached hydrogens (tertiary/aromatic N) is 2. The number of aromatic hydroxyl groups is 1. The average Bonchev–Trinajstić information content (AvgIpc) is 2.96. The molecule has 1 aliphatic rings. The zero-order valence-corrected chi connectivity index (χ0v) is 23.2. The number of phenols is 1. The molecule has 0 spiro atoms. The maximum atomic E-state index is 14.2. The van der Waals surface area contributed by atoms with Gasteiger partial charge in [-0.05, 0) is 61.5 Å². The summed E-state index contributed by atoms with van der Waals surface area (Å²) in [6, 6.07) is 15.0. The molecule has 0 atom stereocenters. The Kier molecular flexibility index (Phi) is 8.33. The molecular weight excluding hydrogens is 577 g/mol. The molecule has 8 nitrogen and oxygen atoms in total. The minimum absolute atomic E-state index is 0.0579. The van der Waals surface area contributed by atoms with Gasteiger partial charge in [-0.25, -0.2) is 4.79 Å². The number of alkyl halides is 3. The first-order valence-corrected chi connectivity index (χ1v) is 13.5. The summed E-state index contributed by atoms with van der Waals surface area (Å²) < 4.78 is 58.1. The molecule has 1 aromatic heterocycles. The average molecular weight is 603 g/mol. The van der Waals surface area contributed by atoms with Crippen LogP contribution in [0.3, 0.4) is 0 Å². The number of hydrogen-bond acceptors (Lipinski definition) is 8. The van der Waals surface area contributed by atoms with Crippen molar-refractivity contribution in [3.63, 3.8) is 0 Å². The van der Waals surface area contributed by atoms with Crippen LogP contribution >= 0.6 is 11.6 Å². The van der Waals surface area contributed by atoms with E-state index in [-0.39, 0.29) is 46.7 Å². The van der Waals surface area contributed by atoms with Gasteiger partial charge in [0.25, 0.3) is 5.76 Å². The lowest BCUT2D eigenvalue weighted by Gasteiger charge is -2.36. The number of benzene rings is 3. The molecule has 42 heavy (non-hydrogen) atoms. The lowest BCUT2D eigenvalue weighted by atomic mass is 10.1. The fourth-order valence-corrected chi connectivity index (χ4v) is 4.96. The molecule has 1 aliphatic heterocycles. The lowest BCUT2D eigenvalue weighted by Crippen LogP contribution is -2.46. The van der Waals surface area contributed by atoms with Gasteiger partial charge in [0.05, 0.1) is 23.1 Å². The summed E-state index contributed by atoms with van der Waals surface area (Å²) >= 11 is 6.11. The molecule has 1 N–H and O–H groups in total. The van der Waals surface area contributed by atoms with E-state index in [4.69, 9.17) is 25.5 Å². The van der Waals surface area contributed by atoms with Crippen LogP contribution < -0.4 is 15.1 Å². The minimum Gasteiger partial charge on any atom is -0.507 e. The second kappa shape index (κ2) is 11.9. The zero-order valence-electron chi connectivity index (χ0n) is 22.4. The van der Waals surface area contributed by atoms with Crippen molar-refractivity contribution in [2.45, 2.75) is 19.6 Å². The third-order valence-electron chi connectivity index (χ3n) is 6.87. The smallest absolute Gasteiger partial charge is 0.453 e. The summed E-state index contributed by atoms with van der Waals surface area (Å²) in [4.78, 5) is 29.4. The van der Waals surface area contributed by atoms with Gasteiger partial charge in [0, 0.05) is 43.4 Å². The van der Waals surface area contributed by atoms with E-state index >= 15 is 0 Å². The number of anilines is 1. The van der Waals surface area contributed by atoms with E-state index in [1.165, 1.54) is 36.4 Å². The van der Waals surface area contributed by atoms with Gasteiger partial charge in [0.2, 0.25) is 11.2 Å². The van der Waals surface area contributed by atoms with E-state index in [2.05, 4.69) is 4.90 Å². The molecule has 0 aliphatic carbocycles. The van der Waals surface area contributed by atoms with Crippen LogP contribution in [-0.2, 0) is 17.5 Å². The number of fused-ring (bicyclic) bond motifs is 1. The number of ether oxygens (including phenoxy) is 2. The Morgan fingerprint density at radius 3 is 2.40 bits per heavy atom. The first-order chi connectivity index (χ1) is 20.0. The standard InChI is InChI=1S/C30H26ClF3N2O6/c1-2-40-29(39)18-6-8-21(9-7-18)41-27-25(38)22-10-11-24(37)23(26(22)42-28(27)30(32,33)34)17-35-12-14-36(15-13-35)20-5-3-4-19(31)16-20/h3-11,16,37H,2,12-15,17H2,1H3. The van der Waals surface area contributed by atoms with Crippen molar-refractivity contribution in [1.82, 2.24) is 4.90 Å². The molecule has 1 saturated heterocycles. The second-order valence-corrected chi connectivity index (χ2v) is 10.1. The van der Waals surface area contributed by atoms with Crippen LogP contribution in [0.2, 0.25) is 5.02 Å². The molecule has 220 valence electrons. The fraction of sp³-hybridized carbons (Fsp3) is 0.267. The van der Waals surface area contributed by atoms with Gasteiger partial charge < -0.3 is 23.9 Å². The Morgan fingerprint density at radius 2 is 1.76 bits per heavy atom. The number of rotatable bonds is 7. The number of phenolic OH excluding ortho intramolecular Hbond substituents is 1. The Bertz CT molecular complexity index is 1670. The molecule has 0 amide bonds. The van der Waals surface area contributed by atoms with Crippen molar-refractivity contribution in [2.24, 2.45) is 0 Å². The third kappa shape index (κ3) is 6.17. The molecule has 0 radical (unpaired) electrons. The summed E-state index contributed by atoms with van der Waals surface area (Å²) in [7, 11) is 0. The van der Waals surface area contributed by atoms with Crippen LogP contribution in [0.4, 0.5) is 18.9 Å². The van der Waals surface area contributed by atoms with E-state index in [0.29, 0.717) is 31.2 Å². The van der Waals surface area contributed by atoms with Gasteiger partial charge >= 0.3 is 12.1 Å². The van der Waals surface area contributed by atoms with Crippen LogP contribution in [0.25, 0.3) is 11.0 Å². The molecule has 5 rings (SSSR count). The van der Waals surface area contributed by atoms with Crippen molar-refractivity contribution in [2.75, 3.05) is 37.7 Å². The number of piperazine rings is 1. The minimum atomic E-state index is -5.08. The zero-order chi connectivity index (χ0) is 30.0. The monoisotopic (exact) mass is 602 g/mol. The van der Waals surface area contributed by atoms with Gasteiger partial charge in [-0.2, -0.15) is 13.2 Å². The predicted molar refractivity (Wildman–Crippen MR) is 151 cm³/mol. The van der Waals surface area contributed by atoms with Crippen molar-refractivity contribution < 1.29 is 37.0 Å². The van der Waals surface area contributed by atoms with E-state index in [1.54, 1.807) is 13.0 Å². The van der Waals surface area contributed by atoms with Crippen LogP contribution in [0.15, 0.2) is 69.9 Å². The van der Waals surface area contributed by atoms with Crippen LogP contribution in [-0.4, -0.2) is 48.8 Å². The topological polar surface area (TPSA) is 92.5 Å². The van der Waals surface area contributed by atoms with E-state index in [0.717, 1.165) is 5.69 Å². The largest absolute Gasteiger partial charge is 0.507 e. The predicted octanol–water partition coefficient (Wildman–Crippen LogP) is 6.46. The normalized spacial score (nSPS) is 14.3. The molecule has 2 heterocycles. The molecular formula is C30H26ClF3N2O6. The van der Waals surface area contributed by atoms with Gasteiger partial charge in [-0.15, -0.1) is 0 Å². The van der Waals surface area contributed by atoms with Gasteiger partial charge in [-0.1, -0.05) is 17.7 Å². The maximum absolute atomic E-state index is 14.2. The summed E-state index contributed by atoms with van der Waals surface area (Å²) in [6.07, 6.45) is -5.08. The Labute approximate surface area is 243 Å². The van der Waals surface area contributed by atoms with Gasteiger partial charge in [0.15, 0.2) is 0 Å².